The average molecular weight is 325 g/mol. The number of nitrogens with zero attached hydrogens (tertiary/aromatic N) is 3. The molecule has 1 N–H and O–H groups in total. The van der Waals surface area contributed by atoms with E-state index in [2.05, 4.69) is 10.3 Å². The van der Waals surface area contributed by atoms with Crippen molar-refractivity contribution in [2.75, 3.05) is 18.5 Å². The number of carbonyl (C=O) groups is 2. The van der Waals surface area contributed by atoms with Gasteiger partial charge in [0.25, 0.3) is 0 Å². The Bertz CT molecular complexity index is 691. The molecule has 0 aliphatic rings. The Kier molecular flexibility index (Phi) is 6.01. The van der Waals surface area contributed by atoms with E-state index in [1.807, 2.05) is 6.07 Å². The highest BCUT2D eigenvalue weighted by Gasteiger charge is 2.26. The van der Waals surface area contributed by atoms with Crippen LogP contribution in [0.5, 0.6) is 0 Å². The van der Waals surface area contributed by atoms with Crippen molar-refractivity contribution in [2.45, 2.75) is 6.54 Å². The molecule has 1 aromatic carbocycles. The number of aromatic nitrogens is 1. The van der Waals surface area contributed by atoms with Crippen molar-refractivity contribution >= 4 is 24.0 Å². The van der Waals surface area contributed by atoms with Gasteiger partial charge in [-0.2, -0.15) is 0 Å². The molecule has 0 atom stereocenters. The molecule has 0 unspecified atom stereocenters. The third-order valence-electron chi connectivity index (χ3n) is 3.17. The standard InChI is InChI=1S/C17H17N4O3/c1-20(13-14-7-5-6-10-18-14)17(24)21(16(23)19-11-12-22)15-8-3-2-4-9-15/h2-10H,11,13H2,1H3,(H,19,23). The molecule has 7 nitrogen and oxygen atoms in total. The van der Waals surface area contributed by atoms with Gasteiger partial charge in [-0.15, -0.1) is 0 Å². The van der Waals surface area contributed by atoms with E-state index in [9.17, 15) is 14.4 Å². The number of imide groups is 1. The van der Waals surface area contributed by atoms with Crippen LogP contribution in [0.2, 0.25) is 0 Å². The smallest absolute Gasteiger partial charge is 0.330 e. The van der Waals surface area contributed by atoms with E-state index in [1.165, 1.54) is 4.90 Å². The Morgan fingerprint density at radius 1 is 1.12 bits per heavy atom. The number of hydrogen-bond acceptors (Lipinski definition) is 4. The van der Waals surface area contributed by atoms with Gasteiger partial charge in [-0.25, -0.2) is 14.5 Å². The second-order valence-electron chi connectivity index (χ2n) is 4.93. The fourth-order valence-corrected chi connectivity index (χ4v) is 2.06. The highest BCUT2D eigenvalue weighted by Crippen LogP contribution is 2.16. The zero-order chi connectivity index (χ0) is 17.4. The molecule has 0 bridgehead atoms. The van der Waals surface area contributed by atoms with E-state index in [-0.39, 0.29) is 13.1 Å². The van der Waals surface area contributed by atoms with E-state index in [0.717, 1.165) is 4.90 Å². The first-order valence-electron chi connectivity index (χ1n) is 7.26. The van der Waals surface area contributed by atoms with Crippen LogP contribution in [-0.2, 0) is 11.3 Å². The fraction of sp³-hybridized carbons (Fsp3) is 0.176. The number of rotatable bonds is 5. The van der Waals surface area contributed by atoms with Crippen LogP contribution in [0.3, 0.4) is 0 Å². The van der Waals surface area contributed by atoms with Gasteiger partial charge in [0.15, 0.2) is 0 Å². The zero-order valence-electron chi connectivity index (χ0n) is 13.2. The Morgan fingerprint density at radius 3 is 2.46 bits per heavy atom. The summed E-state index contributed by atoms with van der Waals surface area (Å²) in [5.41, 5.74) is 1.10. The zero-order valence-corrected chi connectivity index (χ0v) is 13.2. The second kappa shape index (κ2) is 8.42. The quantitative estimate of drug-likeness (QED) is 0.911. The molecule has 7 heteroatoms. The van der Waals surface area contributed by atoms with Crippen LogP contribution in [0.4, 0.5) is 15.3 Å². The highest BCUT2D eigenvalue weighted by molar-refractivity contribution is 6.13. The van der Waals surface area contributed by atoms with Crippen molar-refractivity contribution < 1.29 is 14.4 Å². The van der Waals surface area contributed by atoms with E-state index in [4.69, 9.17) is 0 Å². The minimum atomic E-state index is -0.692. The number of benzene rings is 1. The summed E-state index contributed by atoms with van der Waals surface area (Å²) in [7, 11) is 1.58. The number of para-hydroxylation sites is 1. The number of amides is 4. The highest BCUT2D eigenvalue weighted by atomic mass is 16.2. The Hall–Kier alpha value is -3.22. The maximum Gasteiger partial charge on any atom is 0.332 e. The molecular formula is C17H17N4O3. The topological polar surface area (TPSA) is 82.6 Å². The van der Waals surface area contributed by atoms with E-state index in [0.29, 0.717) is 11.4 Å². The van der Waals surface area contributed by atoms with Crippen LogP contribution in [0.1, 0.15) is 5.69 Å². The monoisotopic (exact) mass is 325 g/mol. The Labute approximate surface area is 139 Å². The molecule has 24 heavy (non-hydrogen) atoms. The maximum absolute atomic E-state index is 12.7. The van der Waals surface area contributed by atoms with Gasteiger partial charge in [0.2, 0.25) is 6.29 Å². The van der Waals surface area contributed by atoms with Gasteiger partial charge in [-0.05, 0) is 24.3 Å². The van der Waals surface area contributed by atoms with Gasteiger partial charge in [0, 0.05) is 13.2 Å². The van der Waals surface area contributed by atoms with Crippen LogP contribution in [0.25, 0.3) is 0 Å². The number of hydrogen-bond donors (Lipinski definition) is 1. The molecule has 123 valence electrons. The van der Waals surface area contributed by atoms with Gasteiger partial charge in [0.1, 0.15) is 0 Å². The number of anilines is 1. The summed E-state index contributed by atoms with van der Waals surface area (Å²) in [6.07, 6.45) is 3.20. The second-order valence-corrected chi connectivity index (χ2v) is 4.93. The van der Waals surface area contributed by atoms with E-state index >= 15 is 0 Å². The van der Waals surface area contributed by atoms with Crippen molar-refractivity contribution in [1.29, 1.82) is 0 Å². The summed E-state index contributed by atoms with van der Waals surface area (Å²) in [4.78, 5) is 41.9. The molecule has 4 amide bonds. The third kappa shape index (κ3) is 4.39. The van der Waals surface area contributed by atoms with Crippen molar-refractivity contribution in [3.63, 3.8) is 0 Å². The number of pyridine rings is 1. The first kappa shape index (κ1) is 17.1. The maximum atomic E-state index is 12.7. The molecule has 0 saturated carbocycles. The number of nitrogens with one attached hydrogen (secondary N) is 1. The number of carbonyl (C=O) groups excluding carboxylic acids is 3. The lowest BCUT2D eigenvalue weighted by Gasteiger charge is -2.26. The van der Waals surface area contributed by atoms with Gasteiger partial charge in [-0.3, -0.25) is 9.78 Å². The number of urea groups is 2. The van der Waals surface area contributed by atoms with Crippen molar-refractivity contribution in [3.8, 4) is 0 Å². The molecular weight excluding hydrogens is 308 g/mol. The summed E-state index contributed by atoms with van der Waals surface area (Å²) in [6.45, 7) is -0.0461. The molecule has 1 heterocycles. The van der Waals surface area contributed by atoms with Crippen LogP contribution in [0.15, 0.2) is 54.7 Å². The third-order valence-corrected chi connectivity index (χ3v) is 3.17. The van der Waals surface area contributed by atoms with Crippen molar-refractivity contribution in [3.05, 3.63) is 60.4 Å². The van der Waals surface area contributed by atoms with E-state index < -0.39 is 12.1 Å². The summed E-state index contributed by atoms with van der Waals surface area (Å²) in [5, 5.41) is 2.33. The molecule has 2 rings (SSSR count). The van der Waals surface area contributed by atoms with Crippen LogP contribution >= 0.6 is 0 Å². The van der Waals surface area contributed by atoms with Crippen LogP contribution in [0, 0.1) is 0 Å². The van der Waals surface area contributed by atoms with E-state index in [1.54, 1.807) is 62.0 Å². The molecule has 1 aromatic heterocycles. The van der Waals surface area contributed by atoms with Gasteiger partial charge in [0.05, 0.1) is 24.5 Å². The van der Waals surface area contributed by atoms with Crippen molar-refractivity contribution in [2.24, 2.45) is 0 Å². The summed E-state index contributed by atoms with van der Waals surface area (Å²) < 4.78 is 0. The molecule has 1 radical (unpaired) electrons. The molecule has 0 aliphatic heterocycles. The lowest BCUT2D eigenvalue weighted by atomic mass is 10.3. The van der Waals surface area contributed by atoms with Gasteiger partial charge < -0.3 is 10.2 Å². The normalized spacial score (nSPS) is 9.88. The predicted molar refractivity (Wildman–Crippen MR) is 89.1 cm³/mol. The summed E-state index contributed by atoms with van der Waals surface area (Å²) in [6, 6.07) is 12.7. The fourth-order valence-electron chi connectivity index (χ4n) is 2.06. The average Bonchev–Trinajstić information content (AvgIpc) is 2.61. The van der Waals surface area contributed by atoms with Gasteiger partial charge >= 0.3 is 12.1 Å². The largest absolute Gasteiger partial charge is 0.332 e. The van der Waals surface area contributed by atoms with Crippen LogP contribution in [-0.4, -0.2) is 41.8 Å². The first-order chi connectivity index (χ1) is 11.6. The molecule has 0 aliphatic carbocycles. The lowest BCUT2D eigenvalue weighted by Crippen LogP contribution is -2.49. The van der Waals surface area contributed by atoms with Gasteiger partial charge in [-0.1, -0.05) is 24.3 Å². The minimum Gasteiger partial charge on any atom is -0.330 e. The SMILES string of the molecule is CN(Cc1ccccn1)C(=O)N(C(=O)NC[C]=O)c1ccccc1. The molecule has 0 spiro atoms. The predicted octanol–water partition coefficient (Wildman–Crippen LogP) is 1.96. The Balaban J connectivity index is 2.20. The Morgan fingerprint density at radius 2 is 1.83 bits per heavy atom. The first-order valence-corrected chi connectivity index (χ1v) is 7.26. The van der Waals surface area contributed by atoms with Crippen molar-refractivity contribution in [1.82, 2.24) is 15.2 Å². The van der Waals surface area contributed by atoms with Crippen LogP contribution < -0.4 is 10.2 Å². The molecule has 2 aromatic rings. The molecule has 0 saturated heterocycles. The lowest BCUT2D eigenvalue weighted by molar-refractivity contribution is 0.209. The summed E-state index contributed by atoms with van der Waals surface area (Å²) >= 11 is 0. The minimum absolute atomic E-state index is 0.246. The summed E-state index contributed by atoms with van der Waals surface area (Å²) in [5.74, 6) is 0. The molecule has 0 fully saturated rings.